The lowest BCUT2D eigenvalue weighted by Gasteiger charge is -2.22. The lowest BCUT2D eigenvalue weighted by molar-refractivity contribution is 0.0525. The Morgan fingerprint density at radius 3 is 3.00 bits per heavy atom. The standard InChI is InChI=1S/C11H15ClN2O3/c1-2-17-11(15)9-7-13-14(10(9)12)8-3-5-16-6-4-8/h7-8H,2-6H2,1H3. The average Bonchev–Trinajstić information content (AvgIpc) is 2.72. The molecule has 0 N–H and O–H groups in total. The lowest BCUT2D eigenvalue weighted by Crippen LogP contribution is -2.20. The van der Waals surface area contributed by atoms with E-state index >= 15 is 0 Å². The summed E-state index contributed by atoms with van der Waals surface area (Å²) in [4.78, 5) is 11.6. The maximum Gasteiger partial charge on any atom is 0.342 e. The van der Waals surface area contributed by atoms with E-state index in [1.807, 2.05) is 0 Å². The highest BCUT2D eigenvalue weighted by Crippen LogP contribution is 2.26. The van der Waals surface area contributed by atoms with Crippen LogP contribution >= 0.6 is 11.6 Å². The molecular weight excluding hydrogens is 244 g/mol. The Morgan fingerprint density at radius 2 is 2.35 bits per heavy atom. The molecule has 1 fully saturated rings. The smallest absolute Gasteiger partial charge is 0.342 e. The van der Waals surface area contributed by atoms with Crippen molar-refractivity contribution in [3.8, 4) is 0 Å². The molecule has 17 heavy (non-hydrogen) atoms. The fraction of sp³-hybridized carbons (Fsp3) is 0.636. The van der Waals surface area contributed by atoms with Crippen LogP contribution in [0, 0.1) is 0 Å². The molecule has 2 rings (SSSR count). The van der Waals surface area contributed by atoms with Gasteiger partial charge in [0, 0.05) is 13.2 Å². The fourth-order valence-corrected chi connectivity index (χ4v) is 2.18. The predicted molar refractivity (Wildman–Crippen MR) is 62.3 cm³/mol. The van der Waals surface area contributed by atoms with Gasteiger partial charge in [0.25, 0.3) is 0 Å². The van der Waals surface area contributed by atoms with Crippen LogP contribution in [0.4, 0.5) is 0 Å². The van der Waals surface area contributed by atoms with Gasteiger partial charge in [-0.1, -0.05) is 11.6 Å². The predicted octanol–water partition coefficient (Wildman–Crippen LogP) is 2.06. The maximum absolute atomic E-state index is 11.6. The van der Waals surface area contributed by atoms with E-state index in [1.165, 1.54) is 6.20 Å². The van der Waals surface area contributed by atoms with Crippen LogP contribution < -0.4 is 0 Å². The molecule has 5 nitrogen and oxygen atoms in total. The van der Waals surface area contributed by atoms with Crippen LogP contribution in [-0.2, 0) is 9.47 Å². The number of rotatable bonds is 3. The quantitative estimate of drug-likeness (QED) is 0.779. The van der Waals surface area contributed by atoms with Crippen molar-refractivity contribution in [2.24, 2.45) is 0 Å². The van der Waals surface area contributed by atoms with E-state index in [9.17, 15) is 4.79 Å². The van der Waals surface area contributed by atoms with E-state index < -0.39 is 5.97 Å². The molecule has 1 aliphatic heterocycles. The van der Waals surface area contributed by atoms with Crippen LogP contribution in [0.15, 0.2) is 6.20 Å². The molecule has 0 aliphatic carbocycles. The molecule has 0 saturated carbocycles. The van der Waals surface area contributed by atoms with Gasteiger partial charge in [-0.2, -0.15) is 5.10 Å². The molecule has 1 aliphatic rings. The van der Waals surface area contributed by atoms with Crippen molar-refractivity contribution in [3.63, 3.8) is 0 Å². The van der Waals surface area contributed by atoms with Crippen LogP contribution in [0.25, 0.3) is 0 Å². The van der Waals surface area contributed by atoms with Crippen LogP contribution in [0.1, 0.15) is 36.2 Å². The van der Waals surface area contributed by atoms with E-state index in [1.54, 1.807) is 11.6 Å². The summed E-state index contributed by atoms with van der Waals surface area (Å²) in [6.07, 6.45) is 3.20. The van der Waals surface area contributed by atoms with Crippen LogP contribution in [0.5, 0.6) is 0 Å². The molecule has 6 heteroatoms. The van der Waals surface area contributed by atoms with E-state index in [0.29, 0.717) is 30.5 Å². The Balaban J connectivity index is 2.16. The van der Waals surface area contributed by atoms with Gasteiger partial charge < -0.3 is 9.47 Å². The van der Waals surface area contributed by atoms with Crippen molar-refractivity contribution >= 4 is 17.6 Å². The summed E-state index contributed by atoms with van der Waals surface area (Å²) in [6, 6.07) is 0.208. The van der Waals surface area contributed by atoms with Gasteiger partial charge in [-0.15, -0.1) is 0 Å². The van der Waals surface area contributed by atoms with Gasteiger partial charge in [0.2, 0.25) is 0 Å². The summed E-state index contributed by atoms with van der Waals surface area (Å²) in [5.74, 6) is -0.421. The fourth-order valence-electron chi connectivity index (χ4n) is 1.88. The third-order valence-electron chi connectivity index (χ3n) is 2.77. The van der Waals surface area contributed by atoms with Gasteiger partial charge in [0.05, 0.1) is 18.8 Å². The van der Waals surface area contributed by atoms with E-state index in [2.05, 4.69) is 5.10 Å². The molecule has 0 radical (unpaired) electrons. The number of hydrogen-bond donors (Lipinski definition) is 0. The molecule has 1 aromatic rings. The van der Waals surface area contributed by atoms with Gasteiger partial charge in [0.1, 0.15) is 10.7 Å². The molecule has 0 bridgehead atoms. The maximum atomic E-state index is 11.6. The number of carbonyl (C=O) groups excluding carboxylic acids is 1. The molecule has 1 saturated heterocycles. The monoisotopic (exact) mass is 258 g/mol. The lowest BCUT2D eigenvalue weighted by atomic mass is 10.1. The van der Waals surface area contributed by atoms with Gasteiger partial charge in [-0.05, 0) is 19.8 Å². The summed E-state index contributed by atoms with van der Waals surface area (Å²) in [5.41, 5.74) is 0.333. The van der Waals surface area contributed by atoms with Crippen molar-refractivity contribution in [2.45, 2.75) is 25.8 Å². The van der Waals surface area contributed by atoms with E-state index in [4.69, 9.17) is 21.1 Å². The average molecular weight is 259 g/mol. The number of halogens is 1. The Hall–Kier alpha value is -1.07. The molecule has 0 spiro atoms. The van der Waals surface area contributed by atoms with Crippen molar-refractivity contribution in [1.29, 1.82) is 0 Å². The first-order valence-corrected chi connectivity index (χ1v) is 6.09. The normalized spacial score (nSPS) is 17.1. The molecule has 0 aromatic carbocycles. The third-order valence-corrected chi connectivity index (χ3v) is 3.14. The Kier molecular flexibility index (Phi) is 4.02. The minimum atomic E-state index is -0.421. The van der Waals surface area contributed by atoms with Crippen molar-refractivity contribution in [1.82, 2.24) is 9.78 Å². The number of aromatic nitrogens is 2. The first-order valence-electron chi connectivity index (χ1n) is 5.72. The largest absolute Gasteiger partial charge is 0.462 e. The van der Waals surface area contributed by atoms with Gasteiger partial charge in [-0.25, -0.2) is 9.48 Å². The first-order chi connectivity index (χ1) is 8.24. The molecule has 94 valence electrons. The van der Waals surface area contributed by atoms with E-state index in [0.717, 1.165) is 12.8 Å². The molecular formula is C11H15ClN2O3. The highest BCUT2D eigenvalue weighted by Gasteiger charge is 2.23. The van der Waals surface area contributed by atoms with Crippen molar-refractivity contribution in [2.75, 3.05) is 19.8 Å². The minimum Gasteiger partial charge on any atom is -0.462 e. The number of esters is 1. The zero-order valence-corrected chi connectivity index (χ0v) is 10.4. The second-order valence-electron chi connectivity index (χ2n) is 3.86. The minimum absolute atomic E-state index is 0.208. The third kappa shape index (κ3) is 2.61. The van der Waals surface area contributed by atoms with Crippen LogP contribution in [0.3, 0.4) is 0 Å². The van der Waals surface area contributed by atoms with Gasteiger partial charge in [0.15, 0.2) is 0 Å². The molecule has 2 heterocycles. The topological polar surface area (TPSA) is 53.3 Å². The molecule has 0 amide bonds. The number of carbonyl (C=O) groups is 1. The zero-order chi connectivity index (χ0) is 12.3. The second kappa shape index (κ2) is 5.51. The summed E-state index contributed by atoms with van der Waals surface area (Å²) < 4.78 is 11.9. The highest BCUT2D eigenvalue weighted by atomic mass is 35.5. The SMILES string of the molecule is CCOC(=O)c1cnn(C2CCOCC2)c1Cl. The summed E-state index contributed by atoms with van der Waals surface area (Å²) in [6.45, 7) is 3.50. The van der Waals surface area contributed by atoms with Crippen molar-refractivity contribution in [3.05, 3.63) is 16.9 Å². The first kappa shape index (κ1) is 12.4. The molecule has 1 aromatic heterocycles. The number of hydrogen-bond acceptors (Lipinski definition) is 4. The van der Waals surface area contributed by atoms with Gasteiger partial charge >= 0.3 is 5.97 Å². The highest BCUT2D eigenvalue weighted by molar-refractivity contribution is 6.32. The van der Waals surface area contributed by atoms with Crippen LogP contribution in [0.2, 0.25) is 5.15 Å². The summed E-state index contributed by atoms with van der Waals surface area (Å²) >= 11 is 6.15. The number of nitrogens with zero attached hydrogens (tertiary/aromatic N) is 2. The Labute approximate surface area is 105 Å². The number of ether oxygens (including phenoxy) is 2. The summed E-state index contributed by atoms with van der Waals surface area (Å²) in [5, 5.41) is 4.53. The van der Waals surface area contributed by atoms with Crippen molar-refractivity contribution < 1.29 is 14.3 Å². The summed E-state index contributed by atoms with van der Waals surface area (Å²) in [7, 11) is 0. The molecule has 0 atom stereocenters. The Morgan fingerprint density at radius 1 is 1.65 bits per heavy atom. The van der Waals surface area contributed by atoms with E-state index in [-0.39, 0.29) is 6.04 Å². The van der Waals surface area contributed by atoms with Crippen LogP contribution in [-0.4, -0.2) is 35.6 Å². The zero-order valence-electron chi connectivity index (χ0n) is 9.69. The Bertz CT molecular complexity index is 399. The second-order valence-corrected chi connectivity index (χ2v) is 4.22. The van der Waals surface area contributed by atoms with Gasteiger partial charge in [-0.3, -0.25) is 0 Å². The molecule has 0 unspecified atom stereocenters.